The molecule has 0 aliphatic heterocycles. The minimum Gasteiger partial charge on any atom is -0.296 e. The van der Waals surface area contributed by atoms with Crippen LogP contribution in [0.1, 0.15) is 10.4 Å². The third kappa shape index (κ3) is 5.69. The first-order chi connectivity index (χ1) is 9.17. The molecule has 1 aromatic heterocycles. The Morgan fingerprint density at radius 3 is 2.47 bits per heavy atom. The molecule has 0 saturated heterocycles. The quantitative estimate of drug-likeness (QED) is 0.397. The third-order valence-electron chi connectivity index (χ3n) is 1.87. The van der Waals surface area contributed by atoms with Gasteiger partial charge in [0.05, 0.1) is 5.56 Å². The number of hydrogen-bond acceptors (Lipinski definition) is 6. The monoisotopic (exact) mass is 298 g/mol. The van der Waals surface area contributed by atoms with Crippen LogP contribution in [0.2, 0.25) is 5.02 Å². The molecule has 1 aromatic carbocycles. The van der Waals surface area contributed by atoms with Crippen LogP contribution in [0.4, 0.5) is 0 Å². The molecule has 0 aliphatic carbocycles. The first kappa shape index (κ1) is 15.4. The largest absolute Gasteiger partial charge is 0.372 e. The lowest BCUT2D eigenvalue weighted by Gasteiger charge is -1.95. The Hall–Kier alpha value is -1.63. The summed E-state index contributed by atoms with van der Waals surface area (Å²) in [5, 5.41) is 9.24. The molecule has 2 aromatic rings. The number of aromatic nitrogens is 2. The molecule has 7 heteroatoms. The van der Waals surface area contributed by atoms with Gasteiger partial charge in [0.25, 0.3) is 0 Å². The molecular formula is C12H11ClN2O3S. The number of halogens is 1. The number of hydrogen-bond donors (Lipinski definition) is 1. The normalized spacial score (nSPS) is 9.21. The number of nitrogens with zero attached hydrogens (tertiary/aromatic N) is 2. The molecule has 1 heterocycles. The van der Waals surface area contributed by atoms with Gasteiger partial charge < -0.3 is 0 Å². The molecule has 0 aliphatic rings. The minimum atomic E-state index is -0.813. The molecule has 0 bridgehead atoms. The van der Waals surface area contributed by atoms with Gasteiger partial charge >= 0.3 is 5.97 Å². The maximum absolute atomic E-state index is 10.6. The summed E-state index contributed by atoms with van der Waals surface area (Å²) in [6, 6.07) is 7.91. The fraction of sp³-hybridized carbons (Fsp3) is 0.0833. The van der Waals surface area contributed by atoms with E-state index in [0.29, 0.717) is 5.02 Å². The van der Waals surface area contributed by atoms with E-state index in [0.717, 1.165) is 5.16 Å². The Balaban J connectivity index is 0.000000200. The standard InChI is InChI=1S/C7H5ClO3.C5H6N2S/c8-6-3-1-2-5(4-6)7(9)11-10;1-8-5-6-3-2-4-7-5/h1-4,10H;2-4H,1H3. The van der Waals surface area contributed by atoms with Crippen LogP contribution < -0.4 is 0 Å². The van der Waals surface area contributed by atoms with Gasteiger partial charge in [-0.05, 0) is 30.5 Å². The van der Waals surface area contributed by atoms with E-state index in [4.69, 9.17) is 16.9 Å². The maximum Gasteiger partial charge on any atom is 0.372 e. The Bertz CT molecular complexity index is 525. The van der Waals surface area contributed by atoms with E-state index in [-0.39, 0.29) is 5.56 Å². The average Bonchev–Trinajstić information content (AvgIpc) is 2.48. The number of thioether (sulfide) groups is 1. The lowest BCUT2D eigenvalue weighted by Crippen LogP contribution is -2.00. The minimum absolute atomic E-state index is 0.222. The van der Waals surface area contributed by atoms with E-state index >= 15 is 0 Å². The molecule has 100 valence electrons. The van der Waals surface area contributed by atoms with Crippen molar-refractivity contribution in [2.24, 2.45) is 0 Å². The van der Waals surface area contributed by atoms with Crippen molar-refractivity contribution in [3.63, 3.8) is 0 Å². The highest BCUT2D eigenvalue weighted by Gasteiger charge is 2.05. The van der Waals surface area contributed by atoms with Gasteiger partial charge in [-0.1, -0.05) is 29.4 Å². The van der Waals surface area contributed by atoms with Gasteiger partial charge in [0.2, 0.25) is 0 Å². The van der Waals surface area contributed by atoms with Crippen molar-refractivity contribution in [2.45, 2.75) is 5.16 Å². The highest BCUT2D eigenvalue weighted by molar-refractivity contribution is 7.98. The smallest absolute Gasteiger partial charge is 0.296 e. The molecule has 5 nitrogen and oxygen atoms in total. The molecule has 0 atom stereocenters. The predicted octanol–water partition coefficient (Wildman–Crippen LogP) is 3.17. The topological polar surface area (TPSA) is 72.3 Å². The van der Waals surface area contributed by atoms with Crippen LogP contribution >= 0.6 is 23.4 Å². The second kappa shape index (κ2) is 8.47. The van der Waals surface area contributed by atoms with Crippen molar-refractivity contribution < 1.29 is 14.9 Å². The third-order valence-corrected chi connectivity index (χ3v) is 2.68. The fourth-order valence-electron chi connectivity index (χ4n) is 1.06. The fourth-order valence-corrected chi connectivity index (χ4v) is 1.58. The molecule has 0 fully saturated rings. The summed E-state index contributed by atoms with van der Waals surface area (Å²) in [4.78, 5) is 22.0. The molecule has 1 N–H and O–H groups in total. The lowest BCUT2D eigenvalue weighted by molar-refractivity contribution is -0.182. The average molecular weight is 299 g/mol. The molecular weight excluding hydrogens is 288 g/mol. The Morgan fingerprint density at radius 2 is 2.00 bits per heavy atom. The van der Waals surface area contributed by atoms with Crippen molar-refractivity contribution in [3.05, 3.63) is 53.3 Å². The van der Waals surface area contributed by atoms with Crippen molar-refractivity contribution >= 4 is 29.3 Å². The zero-order chi connectivity index (χ0) is 14.1. The summed E-state index contributed by atoms with van der Waals surface area (Å²) in [6.07, 6.45) is 5.42. The van der Waals surface area contributed by atoms with Crippen LogP contribution in [0.25, 0.3) is 0 Å². The molecule has 0 amide bonds. The summed E-state index contributed by atoms with van der Waals surface area (Å²) in [5.74, 6) is -0.813. The summed E-state index contributed by atoms with van der Waals surface area (Å²) in [7, 11) is 0. The second-order valence-electron chi connectivity index (χ2n) is 3.12. The van der Waals surface area contributed by atoms with E-state index in [1.54, 1.807) is 42.4 Å². The van der Waals surface area contributed by atoms with Crippen LogP contribution in [0.15, 0.2) is 47.9 Å². The lowest BCUT2D eigenvalue weighted by atomic mass is 10.2. The first-order valence-corrected chi connectivity index (χ1v) is 6.70. The van der Waals surface area contributed by atoms with Crippen molar-refractivity contribution in [1.82, 2.24) is 9.97 Å². The second-order valence-corrected chi connectivity index (χ2v) is 4.33. The molecule has 2 rings (SSSR count). The van der Waals surface area contributed by atoms with Crippen LogP contribution in [-0.4, -0.2) is 27.5 Å². The van der Waals surface area contributed by atoms with Crippen LogP contribution in [-0.2, 0) is 4.89 Å². The van der Waals surface area contributed by atoms with Gasteiger partial charge in [-0.2, -0.15) is 5.26 Å². The molecule has 0 spiro atoms. The summed E-state index contributed by atoms with van der Waals surface area (Å²) < 4.78 is 0. The number of rotatable bonds is 2. The number of carbonyl (C=O) groups excluding carboxylic acids is 1. The Kier molecular flexibility index (Phi) is 6.88. The van der Waals surface area contributed by atoms with Crippen molar-refractivity contribution in [1.29, 1.82) is 0 Å². The van der Waals surface area contributed by atoms with Crippen LogP contribution in [0.5, 0.6) is 0 Å². The number of benzene rings is 1. The molecule has 0 radical (unpaired) electrons. The van der Waals surface area contributed by atoms with Gasteiger partial charge in [-0.15, -0.1) is 0 Å². The van der Waals surface area contributed by atoms with E-state index in [1.807, 2.05) is 6.26 Å². The maximum atomic E-state index is 10.6. The van der Waals surface area contributed by atoms with E-state index in [2.05, 4.69) is 14.9 Å². The first-order valence-electron chi connectivity index (χ1n) is 5.09. The van der Waals surface area contributed by atoms with Gasteiger partial charge in [-0.3, -0.25) is 4.89 Å². The molecule has 19 heavy (non-hydrogen) atoms. The van der Waals surface area contributed by atoms with Crippen molar-refractivity contribution in [3.8, 4) is 0 Å². The SMILES string of the molecule is CSc1ncccn1.O=C(OO)c1cccc(Cl)c1. The number of carbonyl (C=O) groups is 1. The van der Waals surface area contributed by atoms with Crippen LogP contribution in [0.3, 0.4) is 0 Å². The van der Waals surface area contributed by atoms with Crippen LogP contribution in [0, 0.1) is 0 Å². The summed E-state index contributed by atoms with van der Waals surface area (Å²) in [5.41, 5.74) is 0.222. The van der Waals surface area contributed by atoms with Gasteiger partial charge in [0, 0.05) is 17.4 Å². The van der Waals surface area contributed by atoms with E-state index in [1.165, 1.54) is 12.1 Å². The van der Waals surface area contributed by atoms with Gasteiger partial charge in [0.1, 0.15) is 0 Å². The Labute approximate surface area is 119 Å². The highest BCUT2D eigenvalue weighted by Crippen LogP contribution is 2.10. The van der Waals surface area contributed by atoms with E-state index in [9.17, 15) is 4.79 Å². The Morgan fingerprint density at radius 1 is 1.32 bits per heavy atom. The zero-order valence-corrected chi connectivity index (χ0v) is 11.6. The molecule has 0 saturated carbocycles. The van der Waals surface area contributed by atoms with Gasteiger partial charge in [-0.25, -0.2) is 14.8 Å². The van der Waals surface area contributed by atoms with Gasteiger partial charge in [0.15, 0.2) is 5.16 Å². The molecule has 0 unspecified atom stereocenters. The van der Waals surface area contributed by atoms with Crippen molar-refractivity contribution in [2.75, 3.05) is 6.26 Å². The van der Waals surface area contributed by atoms with E-state index < -0.39 is 5.97 Å². The summed E-state index contributed by atoms with van der Waals surface area (Å²) >= 11 is 7.10. The predicted molar refractivity (Wildman–Crippen MR) is 73.3 cm³/mol. The highest BCUT2D eigenvalue weighted by atomic mass is 35.5. The zero-order valence-electron chi connectivity index (χ0n) is 9.99. The summed E-state index contributed by atoms with van der Waals surface area (Å²) in [6.45, 7) is 0.